The maximum absolute atomic E-state index is 10.9. The quantitative estimate of drug-likeness (QED) is 0.444. The first-order chi connectivity index (χ1) is 9.74. The minimum atomic E-state index is -0.461. The SMILES string of the molecule is O=[N+]([O-])c1ccccc1OCc1c[n+]2cccnc2[nH]1. The Hall–Kier alpha value is -2.96. The average molecular weight is 271 g/mol. The Labute approximate surface area is 113 Å². The molecule has 0 atom stereocenters. The van der Waals surface area contributed by atoms with E-state index in [1.807, 2.05) is 22.9 Å². The van der Waals surface area contributed by atoms with Crippen LogP contribution in [0.2, 0.25) is 0 Å². The molecule has 0 amide bonds. The number of rotatable bonds is 4. The van der Waals surface area contributed by atoms with Crippen LogP contribution in [0.3, 0.4) is 0 Å². The van der Waals surface area contributed by atoms with Gasteiger partial charge in [-0.05, 0) is 6.07 Å². The number of nitrogens with one attached hydrogen (secondary N) is 1. The molecule has 7 heteroatoms. The molecule has 2 heterocycles. The van der Waals surface area contributed by atoms with Gasteiger partial charge < -0.3 is 4.74 Å². The molecule has 1 aromatic carbocycles. The second kappa shape index (κ2) is 4.96. The molecule has 3 aromatic rings. The molecule has 0 fully saturated rings. The van der Waals surface area contributed by atoms with Gasteiger partial charge in [0, 0.05) is 12.1 Å². The molecule has 0 saturated heterocycles. The lowest BCUT2D eigenvalue weighted by molar-refractivity contribution is -0.513. The topological polar surface area (TPSA) is 85.2 Å². The Bertz CT molecular complexity index is 736. The lowest BCUT2D eigenvalue weighted by Gasteiger charge is -2.03. The van der Waals surface area contributed by atoms with Crippen LogP contribution in [0.15, 0.2) is 48.9 Å². The zero-order valence-corrected chi connectivity index (χ0v) is 10.4. The van der Waals surface area contributed by atoms with Gasteiger partial charge in [-0.15, -0.1) is 0 Å². The van der Waals surface area contributed by atoms with Crippen LogP contribution in [0, 0.1) is 10.1 Å². The number of hydrogen-bond acceptors (Lipinski definition) is 4. The molecule has 0 bridgehead atoms. The first-order valence-corrected chi connectivity index (χ1v) is 5.94. The third kappa shape index (κ3) is 2.28. The van der Waals surface area contributed by atoms with Crippen LogP contribution in [-0.4, -0.2) is 14.9 Å². The molecule has 0 unspecified atom stereocenters. The first-order valence-electron chi connectivity index (χ1n) is 5.94. The highest BCUT2D eigenvalue weighted by molar-refractivity contribution is 5.45. The van der Waals surface area contributed by atoms with E-state index in [-0.39, 0.29) is 18.0 Å². The van der Waals surface area contributed by atoms with Gasteiger partial charge >= 0.3 is 11.5 Å². The van der Waals surface area contributed by atoms with Gasteiger partial charge in [0.05, 0.1) is 11.1 Å². The van der Waals surface area contributed by atoms with Crippen LogP contribution >= 0.6 is 0 Å². The summed E-state index contributed by atoms with van der Waals surface area (Å²) in [7, 11) is 0. The van der Waals surface area contributed by atoms with E-state index in [9.17, 15) is 10.1 Å². The van der Waals surface area contributed by atoms with Crippen molar-refractivity contribution >= 4 is 11.5 Å². The molecule has 7 nitrogen and oxygen atoms in total. The Balaban J connectivity index is 1.81. The number of benzene rings is 1. The zero-order chi connectivity index (χ0) is 13.9. The fourth-order valence-electron chi connectivity index (χ4n) is 1.89. The van der Waals surface area contributed by atoms with Gasteiger partial charge in [-0.25, -0.2) is 9.38 Å². The van der Waals surface area contributed by atoms with Crippen LogP contribution in [0.4, 0.5) is 5.69 Å². The number of aromatic amines is 1. The van der Waals surface area contributed by atoms with Gasteiger partial charge in [0.25, 0.3) is 0 Å². The van der Waals surface area contributed by atoms with E-state index in [1.165, 1.54) is 6.07 Å². The molecule has 0 aliphatic heterocycles. The van der Waals surface area contributed by atoms with Crippen molar-refractivity contribution < 1.29 is 14.1 Å². The van der Waals surface area contributed by atoms with Crippen molar-refractivity contribution in [2.24, 2.45) is 0 Å². The molecule has 0 saturated carbocycles. The second-order valence-electron chi connectivity index (χ2n) is 4.14. The largest absolute Gasteiger partial charge is 0.479 e. The summed E-state index contributed by atoms with van der Waals surface area (Å²) in [6.07, 6.45) is 5.36. The molecule has 100 valence electrons. The summed E-state index contributed by atoms with van der Waals surface area (Å²) in [5.74, 6) is 0.933. The van der Waals surface area contributed by atoms with E-state index in [4.69, 9.17) is 4.74 Å². The van der Waals surface area contributed by atoms with Gasteiger partial charge in [0.1, 0.15) is 24.7 Å². The Morgan fingerprint density at radius 1 is 1.35 bits per heavy atom. The van der Waals surface area contributed by atoms with Crippen LogP contribution in [0.1, 0.15) is 5.69 Å². The number of nitro groups is 1. The third-order valence-electron chi connectivity index (χ3n) is 2.79. The predicted octanol–water partition coefficient (Wildman–Crippen LogP) is 1.64. The minimum absolute atomic E-state index is 0.0469. The number of H-pyrrole nitrogens is 1. The summed E-state index contributed by atoms with van der Waals surface area (Å²) in [4.78, 5) is 17.6. The van der Waals surface area contributed by atoms with E-state index in [2.05, 4.69) is 9.97 Å². The monoisotopic (exact) mass is 271 g/mol. The van der Waals surface area contributed by atoms with Crippen molar-refractivity contribution in [1.29, 1.82) is 0 Å². The fourth-order valence-corrected chi connectivity index (χ4v) is 1.89. The number of hydrogen-bond donors (Lipinski definition) is 1. The number of ether oxygens (including phenoxy) is 1. The molecule has 0 aliphatic rings. The molecule has 0 radical (unpaired) electrons. The number of imidazole rings is 1. The molecule has 20 heavy (non-hydrogen) atoms. The lowest BCUT2D eigenvalue weighted by Crippen LogP contribution is -2.17. The summed E-state index contributed by atoms with van der Waals surface area (Å²) in [5, 5.41) is 10.9. The van der Waals surface area contributed by atoms with Crippen LogP contribution in [0.25, 0.3) is 5.78 Å². The van der Waals surface area contributed by atoms with Crippen LogP contribution < -0.4 is 9.14 Å². The first kappa shape index (κ1) is 12.1. The van der Waals surface area contributed by atoms with E-state index in [1.54, 1.807) is 24.4 Å². The lowest BCUT2D eigenvalue weighted by atomic mass is 10.3. The van der Waals surface area contributed by atoms with Crippen molar-refractivity contribution in [3.8, 4) is 5.75 Å². The molecule has 0 aliphatic carbocycles. The van der Waals surface area contributed by atoms with Crippen LogP contribution in [-0.2, 0) is 6.61 Å². The third-order valence-corrected chi connectivity index (χ3v) is 2.79. The Morgan fingerprint density at radius 2 is 2.20 bits per heavy atom. The van der Waals surface area contributed by atoms with E-state index in [0.29, 0.717) is 5.78 Å². The Morgan fingerprint density at radius 3 is 3.00 bits per heavy atom. The Kier molecular flexibility index (Phi) is 3.00. The van der Waals surface area contributed by atoms with Gasteiger partial charge in [-0.3, -0.25) is 10.1 Å². The van der Waals surface area contributed by atoms with Gasteiger partial charge in [-0.2, -0.15) is 0 Å². The van der Waals surface area contributed by atoms with E-state index < -0.39 is 4.92 Å². The van der Waals surface area contributed by atoms with Gasteiger partial charge in [-0.1, -0.05) is 17.1 Å². The highest BCUT2D eigenvalue weighted by Gasteiger charge is 2.15. The maximum atomic E-state index is 10.9. The molecular formula is C13H11N4O3+. The standard InChI is InChI=1S/C13H10N4O3/c18-17(19)11-4-1-2-5-12(11)20-9-10-8-16-7-3-6-14-13(16)15-10/h1-8H,9H2/p+1. The van der Waals surface area contributed by atoms with Gasteiger partial charge in [0.2, 0.25) is 0 Å². The molecule has 2 aromatic heterocycles. The van der Waals surface area contributed by atoms with E-state index >= 15 is 0 Å². The number of fused-ring (bicyclic) bond motifs is 1. The normalized spacial score (nSPS) is 10.6. The number of aromatic nitrogens is 3. The molecule has 3 rings (SSSR count). The van der Waals surface area contributed by atoms with Crippen molar-refractivity contribution in [3.05, 3.63) is 64.7 Å². The van der Waals surface area contributed by atoms with Crippen molar-refractivity contribution in [1.82, 2.24) is 9.97 Å². The van der Waals surface area contributed by atoms with Crippen molar-refractivity contribution in [2.45, 2.75) is 6.61 Å². The predicted molar refractivity (Wildman–Crippen MR) is 69.2 cm³/mol. The van der Waals surface area contributed by atoms with Crippen molar-refractivity contribution in [2.75, 3.05) is 0 Å². The number of para-hydroxylation sites is 2. The fraction of sp³-hybridized carbons (Fsp3) is 0.0769. The highest BCUT2D eigenvalue weighted by Crippen LogP contribution is 2.26. The summed E-state index contributed by atoms with van der Waals surface area (Å²) >= 11 is 0. The maximum Gasteiger partial charge on any atom is 0.401 e. The molecular weight excluding hydrogens is 260 g/mol. The summed E-state index contributed by atoms with van der Waals surface area (Å²) in [6.45, 7) is 0.203. The number of nitrogens with zero attached hydrogens (tertiary/aromatic N) is 3. The summed E-state index contributed by atoms with van der Waals surface area (Å²) < 4.78 is 7.32. The summed E-state index contributed by atoms with van der Waals surface area (Å²) in [6, 6.07) is 8.11. The summed E-state index contributed by atoms with van der Waals surface area (Å²) in [5.41, 5.74) is 0.733. The second-order valence-corrected chi connectivity index (χ2v) is 4.14. The molecule has 0 spiro atoms. The number of nitro benzene ring substituents is 1. The highest BCUT2D eigenvalue weighted by atomic mass is 16.6. The van der Waals surface area contributed by atoms with Crippen molar-refractivity contribution in [3.63, 3.8) is 0 Å². The van der Waals surface area contributed by atoms with Gasteiger partial charge in [0.15, 0.2) is 5.75 Å². The van der Waals surface area contributed by atoms with Crippen LogP contribution in [0.5, 0.6) is 5.75 Å². The molecule has 1 N–H and O–H groups in total. The van der Waals surface area contributed by atoms with E-state index in [0.717, 1.165) is 5.69 Å². The zero-order valence-electron chi connectivity index (χ0n) is 10.4. The average Bonchev–Trinajstić information content (AvgIpc) is 2.88. The minimum Gasteiger partial charge on any atom is -0.479 e. The smallest absolute Gasteiger partial charge is 0.401 e.